The van der Waals surface area contributed by atoms with Gasteiger partial charge in [-0.05, 0) is 61.4 Å². The molecule has 0 saturated carbocycles. The summed E-state index contributed by atoms with van der Waals surface area (Å²) in [6.07, 6.45) is 0.277. The lowest BCUT2D eigenvalue weighted by Gasteiger charge is -2.08. The molecule has 0 atom stereocenters. The fourth-order valence-electron chi connectivity index (χ4n) is 3.44. The van der Waals surface area contributed by atoms with Gasteiger partial charge in [0.1, 0.15) is 0 Å². The van der Waals surface area contributed by atoms with E-state index in [4.69, 9.17) is 11.6 Å². The first kappa shape index (κ1) is 18.3. The van der Waals surface area contributed by atoms with Crippen LogP contribution in [0.25, 0.3) is 22.2 Å². The summed E-state index contributed by atoms with van der Waals surface area (Å²) >= 11 is 6.20. The SMILES string of the molecule is Cc1ccc(NC(=O)Cc2c(-c3cccc(Cl)c3)[nH]c3ccc(C)cc23)cc1. The molecule has 3 aromatic carbocycles. The predicted octanol–water partition coefficient (Wildman–Crippen LogP) is 6.29. The van der Waals surface area contributed by atoms with Crippen LogP contribution in [0.4, 0.5) is 5.69 Å². The van der Waals surface area contributed by atoms with Crippen molar-refractivity contribution >= 4 is 34.1 Å². The smallest absolute Gasteiger partial charge is 0.228 e. The largest absolute Gasteiger partial charge is 0.354 e. The lowest BCUT2D eigenvalue weighted by Crippen LogP contribution is -2.14. The predicted molar refractivity (Wildman–Crippen MR) is 117 cm³/mol. The highest BCUT2D eigenvalue weighted by Crippen LogP contribution is 2.32. The molecule has 0 aliphatic rings. The van der Waals surface area contributed by atoms with E-state index in [1.165, 1.54) is 0 Å². The van der Waals surface area contributed by atoms with E-state index >= 15 is 0 Å². The number of nitrogens with one attached hydrogen (secondary N) is 2. The molecule has 1 heterocycles. The third-order valence-electron chi connectivity index (χ3n) is 4.85. The summed E-state index contributed by atoms with van der Waals surface area (Å²) < 4.78 is 0. The number of hydrogen-bond acceptors (Lipinski definition) is 1. The number of rotatable bonds is 4. The van der Waals surface area contributed by atoms with Crippen molar-refractivity contribution in [3.63, 3.8) is 0 Å². The van der Waals surface area contributed by atoms with E-state index in [-0.39, 0.29) is 12.3 Å². The van der Waals surface area contributed by atoms with E-state index in [0.29, 0.717) is 5.02 Å². The molecule has 140 valence electrons. The number of hydrogen-bond donors (Lipinski definition) is 2. The number of carbonyl (C=O) groups excluding carboxylic acids is 1. The average molecular weight is 389 g/mol. The minimum Gasteiger partial charge on any atom is -0.354 e. The number of amides is 1. The molecule has 1 aromatic heterocycles. The Morgan fingerprint density at radius 2 is 1.71 bits per heavy atom. The molecule has 2 N–H and O–H groups in total. The zero-order valence-corrected chi connectivity index (χ0v) is 16.6. The molecule has 1 amide bonds. The molecule has 0 aliphatic heterocycles. The molecule has 4 aromatic rings. The van der Waals surface area contributed by atoms with Crippen LogP contribution in [-0.4, -0.2) is 10.9 Å². The quantitative estimate of drug-likeness (QED) is 0.424. The van der Waals surface area contributed by atoms with Gasteiger partial charge in [0.05, 0.1) is 12.1 Å². The van der Waals surface area contributed by atoms with Crippen LogP contribution in [0.5, 0.6) is 0 Å². The number of aromatic amines is 1. The summed E-state index contributed by atoms with van der Waals surface area (Å²) in [5, 5.41) is 4.73. The van der Waals surface area contributed by atoms with E-state index in [2.05, 4.69) is 35.4 Å². The number of aryl methyl sites for hydroxylation is 2. The maximum Gasteiger partial charge on any atom is 0.228 e. The first-order valence-electron chi connectivity index (χ1n) is 9.23. The highest BCUT2D eigenvalue weighted by molar-refractivity contribution is 6.30. The number of H-pyrrole nitrogens is 1. The van der Waals surface area contributed by atoms with Crippen molar-refractivity contribution in [2.24, 2.45) is 0 Å². The van der Waals surface area contributed by atoms with Crippen molar-refractivity contribution in [2.45, 2.75) is 20.3 Å². The lowest BCUT2D eigenvalue weighted by molar-refractivity contribution is -0.115. The van der Waals surface area contributed by atoms with E-state index in [1.807, 2.05) is 55.5 Å². The summed E-state index contributed by atoms with van der Waals surface area (Å²) in [7, 11) is 0. The fourth-order valence-corrected chi connectivity index (χ4v) is 3.63. The van der Waals surface area contributed by atoms with Crippen LogP contribution in [0.15, 0.2) is 66.7 Å². The van der Waals surface area contributed by atoms with Crippen LogP contribution in [0.3, 0.4) is 0 Å². The zero-order valence-electron chi connectivity index (χ0n) is 15.8. The van der Waals surface area contributed by atoms with Crippen LogP contribution in [-0.2, 0) is 11.2 Å². The normalized spacial score (nSPS) is 11.0. The summed E-state index contributed by atoms with van der Waals surface area (Å²) in [5.74, 6) is -0.0467. The topological polar surface area (TPSA) is 44.9 Å². The van der Waals surface area contributed by atoms with Crippen LogP contribution >= 0.6 is 11.6 Å². The van der Waals surface area contributed by atoms with Gasteiger partial charge in [0, 0.05) is 21.6 Å². The summed E-state index contributed by atoms with van der Waals surface area (Å²) in [4.78, 5) is 16.3. The molecule has 0 spiro atoms. The Balaban J connectivity index is 1.73. The van der Waals surface area contributed by atoms with E-state index in [9.17, 15) is 4.79 Å². The molecular weight excluding hydrogens is 368 g/mol. The van der Waals surface area contributed by atoms with Crippen molar-refractivity contribution in [2.75, 3.05) is 5.32 Å². The average Bonchev–Trinajstić information content (AvgIpc) is 3.01. The number of halogens is 1. The molecular formula is C24H21ClN2O. The van der Waals surface area contributed by atoms with Gasteiger partial charge in [0.25, 0.3) is 0 Å². The standard InChI is InChI=1S/C24H21ClN2O/c1-15-6-9-19(10-7-15)26-23(28)14-21-20-12-16(2)8-11-22(20)27-24(21)17-4-3-5-18(25)13-17/h3-13,27H,14H2,1-2H3,(H,26,28). The van der Waals surface area contributed by atoms with Crippen molar-refractivity contribution in [1.82, 2.24) is 4.98 Å². The fraction of sp³-hybridized carbons (Fsp3) is 0.125. The molecule has 0 fully saturated rings. The van der Waals surface area contributed by atoms with Crippen LogP contribution in [0.2, 0.25) is 5.02 Å². The minimum atomic E-state index is -0.0467. The number of fused-ring (bicyclic) bond motifs is 1. The van der Waals surface area contributed by atoms with Crippen LogP contribution < -0.4 is 5.32 Å². The number of anilines is 1. The maximum absolute atomic E-state index is 12.8. The molecule has 0 aliphatic carbocycles. The van der Waals surface area contributed by atoms with Gasteiger partial charge >= 0.3 is 0 Å². The maximum atomic E-state index is 12.8. The Kier molecular flexibility index (Phi) is 4.93. The number of aromatic nitrogens is 1. The van der Waals surface area contributed by atoms with Crippen LogP contribution in [0.1, 0.15) is 16.7 Å². The zero-order chi connectivity index (χ0) is 19.7. The monoisotopic (exact) mass is 388 g/mol. The third kappa shape index (κ3) is 3.80. The Hall–Kier alpha value is -3.04. The molecule has 4 heteroatoms. The van der Waals surface area contributed by atoms with Gasteiger partial charge in [0.2, 0.25) is 5.91 Å². The van der Waals surface area contributed by atoms with E-state index in [1.54, 1.807) is 0 Å². The van der Waals surface area contributed by atoms with Gasteiger partial charge in [-0.25, -0.2) is 0 Å². The van der Waals surface area contributed by atoms with Gasteiger partial charge in [-0.2, -0.15) is 0 Å². The Labute approximate surface area is 169 Å². The molecule has 0 bridgehead atoms. The van der Waals surface area contributed by atoms with Crippen molar-refractivity contribution in [3.05, 3.63) is 88.4 Å². The Bertz CT molecular complexity index is 1160. The second-order valence-electron chi connectivity index (χ2n) is 7.13. The Morgan fingerprint density at radius 3 is 2.46 bits per heavy atom. The summed E-state index contributed by atoms with van der Waals surface area (Å²) in [6.45, 7) is 4.08. The first-order chi connectivity index (χ1) is 13.5. The molecule has 3 nitrogen and oxygen atoms in total. The van der Waals surface area contributed by atoms with Gasteiger partial charge in [-0.3, -0.25) is 4.79 Å². The number of benzene rings is 3. The van der Waals surface area contributed by atoms with Crippen molar-refractivity contribution < 1.29 is 4.79 Å². The molecule has 4 rings (SSSR count). The summed E-state index contributed by atoms with van der Waals surface area (Å²) in [5.41, 5.74) is 7.01. The molecule has 0 unspecified atom stereocenters. The van der Waals surface area contributed by atoms with Gasteiger partial charge in [-0.1, -0.05) is 53.1 Å². The Morgan fingerprint density at radius 1 is 0.964 bits per heavy atom. The van der Waals surface area contributed by atoms with Crippen molar-refractivity contribution in [1.29, 1.82) is 0 Å². The van der Waals surface area contributed by atoms with Gasteiger partial charge in [-0.15, -0.1) is 0 Å². The third-order valence-corrected chi connectivity index (χ3v) is 5.08. The second-order valence-corrected chi connectivity index (χ2v) is 7.57. The van der Waals surface area contributed by atoms with Gasteiger partial charge in [0.15, 0.2) is 0 Å². The molecule has 28 heavy (non-hydrogen) atoms. The molecule has 0 saturated heterocycles. The van der Waals surface area contributed by atoms with Gasteiger partial charge < -0.3 is 10.3 Å². The van der Waals surface area contributed by atoms with Crippen LogP contribution in [0, 0.1) is 13.8 Å². The first-order valence-corrected chi connectivity index (χ1v) is 9.61. The lowest BCUT2D eigenvalue weighted by atomic mass is 10.0. The second kappa shape index (κ2) is 7.53. The minimum absolute atomic E-state index is 0.0467. The highest BCUT2D eigenvalue weighted by atomic mass is 35.5. The summed E-state index contributed by atoms with van der Waals surface area (Å²) in [6, 6.07) is 21.8. The van der Waals surface area contributed by atoms with E-state index in [0.717, 1.165) is 44.5 Å². The highest BCUT2D eigenvalue weighted by Gasteiger charge is 2.17. The number of carbonyl (C=O) groups is 1. The van der Waals surface area contributed by atoms with Crippen molar-refractivity contribution in [3.8, 4) is 11.3 Å². The molecule has 0 radical (unpaired) electrons. The van der Waals surface area contributed by atoms with E-state index < -0.39 is 0 Å².